The van der Waals surface area contributed by atoms with Gasteiger partial charge in [-0.05, 0) is 30.0 Å². The van der Waals surface area contributed by atoms with Crippen LogP contribution in [0.4, 0.5) is 15.8 Å². The molecule has 0 unspecified atom stereocenters. The molecule has 0 aliphatic carbocycles. The van der Waals surface area contributed by atoms with Crippen LogP contribution in [0.5, 0.6) is 0 Å². The van der Waals surface area contributed by atoms with Crippen molar-refractivity contribution in [3.05, 3.63) is 92.8 Å². The molecule has 4 aromatic rings. The molecule has 3 aromatic heterocycles. The minimum absolute atomic E-state index is 0.0994. The highest BCUT2D eigenvalue weighted by molar-refractivity contribution is 6.34. The fourth-order valence-electron chi connectivity index (χ4n) is 5.93. The van der Waals surface area contributed by atoms with Crippen molar-refractivity contribution in [2.45, 2.75) is 59.4 Å². The van der Waals surface area contributed by atoms with E-state index in [1.165, 1.54) is 17.0 Å². The van der Waals surface area contributed by atoms with Crippen LogP contribution in [0.2, 0.25) is 5.02 Å². The van der Waals surface area contributed by atoms with Crippen LogP contribution < -0.4 is 15.8 Å². The fourth-order valence-corrected chi connectivity index (χ4v) is 6.18. The van der Waals surface area contributed by atoms with E-state index in [0.29, 0.717) is 66.9 Å². The third-order valence-corrected chi connectivity index (χ3v) is 8.59. The van der Waals surface area contributed by atoms with Crippen LogP contribution in [0.25, 0.3) is 32.8 Å². The van der Waals surface area contributed by atoms with E-state index in [1.54, 1.807) is 35.2 Å². The molecule has 1 aliphatic rings. The molecule has 1 N–H and O–H groups in total. The Morgan fingerprint density at radius 1 is 1.04 bits per heavy atom. The average Bonchev–Trinajstić information content (AvgIpc) is 3.06. The van der Waals surface area contributed by atoms with Gasteiger partial charge < -0.3 is 15.1 Å². The summed E-state index contributed by atoms with van der Waals surface area (Å²) in [5, 5.41) is 3.88. The number of fused-ring (bicyclic) bond motifs is 1. The summed E-state index contributed by atoms with van der Waals surface area (Å²) in [6, 6.07) is 8.15. The number of anilines is 1. The Kier molecular flexibility index (Phi) is 10.6. The van der Waals surface area contributed by atoms with E-state index < -0.39 is 11.4 Å². The van der Waals surface area contributed by atoms with E-state index >= 15 is 4.39 Å². The molecule has 1 fully saturated rings. The number of amides is 1. The Morgan fingerprint density at radius 3 is 2.27 bits per heavy atom. The SMILES string of the molecule is [C-]#[N+]c1c(N2CCN(C(=O)/C=C/CNC(C)C)CC2)c2cc(Cl)c(-c3ccccc3F)nc2n(-c2c(C(C)C)ncnc2C(C)C)c1=O. The first kappa shape index (κ1) is 34.7. The van der Waals surface area contributed by atoms with E-state index in [-0.39, 0.29) is 45.4 Å². The Labute approximate surface area is 285 Å². The van der Waals surface area contributed by atoms with Gasteiger partial charge in [0, 0.05) is 55.8 Å². The highest BCUT2D eigenvalue weighted by Crippen LogP contribution is 2.40. The second-order valence-electron chi connectivity index (χ2n) is 12.7. The lowest BCUT2D eigenvalue weighted by atomic mass is 10.0. The number of carbonyl (C=O) groups excluding carboxylic acids is 1. The van der Waals surface area contributed by atoms with Gasteiger partial charge in [-0.15, -0.1) is 0 Å². The molecule has 0 atom stereocenters. The van der Waals surface area contributed by atoms with Crippen LogP contribution in [0, 0.1) is 12.4 Å². The maximum Gasteiger partial charge on any atom is 0.274 e. The molecule has 1 amide bonds. The summed E-state index contributed by atoms with van der Waals surface area (Å²) in [6.45, 7) is 22.3. The molecule has 0 saturated carbocycles. The molecule has 250 valence electrons. The van der Waals surface area contributed by atoms with Gasteiger partial charge in [0.2, 0.25) is 5.91 Å². The quantitative estimate of drug-likeness (QED) is 0.158. The molecule has 1 aromatic carbocycles. The van der Waals surface area contributed by atoms with Crippen molar-refractivity contribution < 1.29 is 9.18 Å². The zero-order chi connectivity index (χ0) is 34.7. The fraction of sp³-hybridized carbons (Fsp3) is 0.389. The third kappa shape index (κ3) is 6.82. The second-order valence-corrected chi connectivity index (χ2v) is 13.1. The van der Waals surface area contributed by atoms with Crippen LogP contribution in [-0.4, -0.2) is 69.1 Å². The first-order valence-electron chi connectivity index (χ1n) is 16.1. The lowest BCUT2D eigenvalue weighted by Crippen LogP contribution is -2.48. The molecule has 12 heteroatoms. The number of hydrogen-bond acceptors (Lipinski definition) is 7. The number of nitrogens with zero attached hydrogens (tertiary/aromatic N) is 7. The summed E-state index contributed by atoms with van der Waals surface area (Å²) < 4.78 is 16.6. The van der Waals surface area contributed by atoms with E-state index in [4.69, 9.17) is 23.2 Å². The van der Waals surface area contributed by atoms with Crippen molar-refractivity contribution in [2.24, 2.45) is 0 Å². The lowest BCUT2D eigenvalue weighted by Gasteiger charge is -2.37. The van der Waals surface area contributed by atoms with Crippen molar-refractivity contribution in [1.29, 1.82) is 0 Å². The molecule has 0 bridgehead atoms. The van der Waals surface area contributed by atoms with Gasteiger partial charge in [0.25, 0.3) is 11.2 Å². The summed E-state index contributed by atoms with van der Waals surface area (Å²) >= 11 is 6.86. The molecule has 1 aliphatic heterocycles. The van der Waals surface area contributed by atoms with Crippen molar-refractivity contribution in [2.75, 3.05) is 37.6 Å². The molecule has 10 nitrogen and oxygen atoms in total. The predicted octanol–water partition coefficient (Wildman–Crippen LogP) is 6.64. The van der Waals surface area contributed by atoms with Gasteiger partial charge in [0.1, 0.15) is 17.8 Å². The van der Waals surface area contributed by atoms with Crippen LogP contribution in [-0.2, 0) is 4.79 Å². The van der Waals surface area contributed by atoms with Crippen molar-refractivity contribution in [1.82, 2.24) is 29.7 Å². The minimum Gasteiger partial charge on any atom is -0.376 e. The van der Waals surface area contributed by atoms with E-state index in [0.717, 1.165) is 0 Å². The summed E-state index contributed by atoms with van der Waals surface area (Å²) in [7, 11) is 0. The summed E-state index contributed by atoms with van der Waals surface area (Å²) in [6.07, 6.45) is 4.86. The van der Waals surface area contributed by atoms with Gasteiger partial charge in [-0.3, -0.25) is 14.2 Å². The molecular weight excluding hydrogens is 631 g/mol. The maximum atomic E-state index is 15.1. The van der Waals surface area contributed by atoms with Gasteiger partial charge >= 0.3 is 0 Å². The van der Waals surface area contributed by atoms with E-state index in [2.05, 4.69) is 20.1 Å². The Hall–Kier alpha value is -4.66. The number of halogens is 2. The van der Waals surface area contributed by atoms with Crippen molar-refractivity contribution >= 4 is 39.9 Å². The number of hydrogen-bond donors (Lipinski definition) is 1. The Balaban J connectivity index is 1.72. The van der Waals surface area contributed by atoms with Crippen LogP contribution in [0.3, 0.4) is 0 Å². The number of benzene rings is 1. The largest absolute Gasteiger partial charge is 0.376 e. The monoisotopic (exact) mass is 670 g/mol. The van der Waals surface area contributed by atoms with E-state index in [9.17, 15) is 9.59 Å². The normalized spacial score (nSPS) is 13.8. The number of piperazine rings is 1. The number of aromatic nitrogens is 4. The average molecular weight is 671 g/mol. The van der Waals surface area contributed by atoms with Gasteiger partial charge in [-0.25, -0.2) is 24.2 Å². The number of rotatable bonds is 9. The van der Waals surface area contributed by atoms with Crippen LogP contribution in [0.15, 0.2) is 53.6 Å². The van der Waals surface area contributed by atoms with Gasteiger partial charge in [0.05, 0.1) is 40.1 Å². The Bertz CT molecular complexity index is 1950. The standard InChI is InChI=1S/C36H40ClFN8O2/c1-21(2)29-34(30(22(3)4)42-20-41-29)46-35-25(19-26(37)31(43-35)24-11-8-9-12-27(24)38)33(32(39-7)36(46)48)45-17-15-44(16-18-45)28(47)13-10-14-40-23(5)6/h8-13,19-23,40H,14-18H2,1-6H3/b13-10+. The first-order valence-corrected chi connectivity index (χ1v) is 16.5. The molecule has 48 heavy (non-hydrogen) atoms. The second kappa shape index (κ2) is 14.6. The maximum absolute atomic E-state index is 15.1. The van der Waals surface area contributed by atoms with Crippen LogP contribution in [0.1, 0.15) is 64.8 Å². The number of nitrogens with one attached hydrogen (secondary N) is 1. The zero-order valence-electron chi connectivity index (χ0n) is 28.1. The molecule has 1 saturated heterocycles. The number of pyridine rings is 2. The first-order chi connectivity index (χ1) is 22.9. The van der Waals surface area contributed by atoms with Gasteiger partial charge in [0.15, 0.2) is 0 Å². The summed E-state index contributed by atoms with van der Waals surface area (Å²) in [4.78, 5) is 49.0. The summed E-state index contributed by atoms with van der Waals surface area (Å²) in [5.74, 6) is -0.811. The molecule has 0 spiro atoms. The highest BCUT2D eigenvalue weighted by Gasteiger charge is 2.30. The minimum atomic E-state index is -0.584. The lowest BCUT2D eigenvalue weighted by molar-refractivity contribution is -0.126. The Morgan fingerprint density at radius 2 is 1.69 bits per heavy atom. The molecule has 0 radical (unpaired) electrons. The van der Waals surface area contributed by atoms with Gasteiger partial charge in [-0.2, -0.15) is 0 Å². The molecular formula is C36H40ClFN8O2. The predicted molar refractivity (Wildman–Crippen MR) is 189 cm³/mol. The smallest absolute Gasteiger partial charge is 0.274 e. The molecule has 4 heterocycles. The number of carbonyl (C=O) groups is 1. The topological polar surface area (TPSA) is 101 Å². The molecule has 5 rings (SSSR count). The van der Waals surface area contributed by atoms with Crippen LogP contribution >= 0.6 is 11.6 Å². The van der Waals surface area contributed by atoms with E-state index in [1.807, 2.05) is 52.5 Å². The van der Waals surface area contributed by atoms with Crippen molar-refractivity contribution in [3.8, 4) is 16.9 Å². The third-order valence-electron chi connectivity index (χ3n) is 8.30. The summed E-state index contributed by atoms with van der Waals surface area (Å²) in [5.41, 5.74) is 1.95. The highest BCUT2D eigenvalue weighted by atomic mass is 35.5. The van der Waals surface area contributed by atoms with Crippen molar-refractivity contribution in [3.63, 3.8) is 0 Å². The van der Waals surface area contributed by atoms with Gasteiger partial charge in [-0.1, -0.05) is 71.4 Å². The zero-order valence-corrected chi connectivity index (χ0v) is 28.8.